The number of allylic oxidation sites excluding steroid dienone is 5. The second kappa shape index (κ2) is 9.07. The van der Waals surface area contributed by atoms with Crippen LogP contribution in [0.5, 0.6) is 0 Å². The van der Waals surface area contributed by atoms with Crippen molar-refractivity contribution < 1.29 is 13.9 Å². The molecule has 0 aliphatic heterocycles. The van der Waals surface area contributed by atoms with Crippen molar-refractivity contribution in [2.45, 2.75) is 66.7 Å². The van der Waals surface area contributed by atoms with Crippen LogP contribution in [0, 0.1) is 5.41 Å². The van der Waals surface area contributed by atoms with Crippen LogP contribution in [0.3, 0.4) is 0 Å². The summed E-state index contributed by atoms with van der Waals surface area (Å²) >= 11 is 0. The third-order valence-corrected chi connectivity index (χ3v) is 4.98. The zero-order valence-electron chi connectivity index (χ0n) is 16.9. The lowest BCUT2D eigenvalue weighted by molar-refractivity contribution is 0.0463. The van der Waals surface area contributed by atoms with Gasteiger partial charge in [0.25, 0.3) is 0 Å². The summed E-state index contributed by atoms with van der Waals surface area (Å²) in [5, 5.41) is 0. The van der Waals surface area contributed by atoms with Crippen molar-refractivity contribution in [1.29, 1.82) is 0 Å². The van der Waals surface area contributed by atoms with Crippen molar-refractivity contribution in [3.8, 4) is 0 Å². The molecule has 0 saturated heterocycles. The van der Waals surface area contributed by atoms with Gasteiger partial charge in [0, 0.05) is 0 Å². The molecule has 1 aliphatic rings. The molecule has 0 bridgehead atoms. The topological polar surface area (TPSA) is 39.4 Å². The molecular weight excluding hydrogens is 324 g/mol. The largest absolute Gasteiger partial charge is 0.460 e. The molecule has 3 nitrogen and oxygen atoms in total. The fourth-order valence-electron chi connectivity index (χ4n) is 3.42. The molecule has 0 atom stereocenters. The second-order valence-corrected chi connectivity index (χ2v) is 7.84. The van der Waals surface area contributed by atoms with Crippen LogP contribution in [0.2, 0.25) is 0 Å². The molecule has 0 amide bonds. The number of rotatable bonds is 7. The van der Waals surface area contributed by atoms with Crippen LogP contribution >= 0.6 is 0 Å². The number of unbranched alkanes of at least 4 members (excludes halogenated alkanes) is 1. The molecular formula is C23H32O3. The Bertz CT molecular complexity index is 714. The fourth-order valence-corrected chi connectivity index (χ4v) is 3.42. The van der Waals surface area contributed by atoms with Gasteiger partial charge in [0.2, 0.25) is 5.76 Å². The van der Waals surface area contributed by atoms with E-state index in [0.717, 1.165) is 18.4 Å². The molecule has 1 heterocycles. The van der Waals surface area contributed by atoms with Crippen LogP contribution in [-0.4, -0.2) is 12.6 Å². The first-order valence-electron chi connectivity index (χ1n) is 9.67. The van der Waals surface area contributed by atoms with Gasteiger partial charge in [-0.2, -0.15) is 0 Å². The van der Waals surface area contributed by atoms with Crippen molar-refractivity contribution in [3.63, 3.8) is 0 Å². The highest BCUT2D eigenvalue weighted by molar-refractivity contribution is 5.86. The minimum absolute atomic E-state index is 0.235. The molecule has 0 radical (unpaired) electrons. The number of hydrogen-bond acceptors (Lipinski definition) is 3. The Hall–Kier alpha value is -2.03. The third kappa shape index (κ3) is 5.48. The maximum atomic E-state index is 11.9. The van der Waals surface area contributed by atoms with Crippen LogP contribution in [0.25, 0.3) is 6.08 Å². The van der Waals surface area contributed by atoms with Crippen molar-refractivity contribution in [1.82, 2.24) is 0 Å². The van der Waals surface area contributed by atoms with Gasteiger partial charge >= 0.3 is 5.97 Å². The fraction of sp³-hybridized carbons (Fsp3) is 0.522. The van der Waals surface area contributed by atoms with Crippen LogP contribution in [0.1, 0.15) is 83.0 Å². The second-order valence-electron chi connectivity index (χ2n) is 7.84. The van der Waals surface area contributed by atoms with E-state index in [1.807, 2.05) is 19.1 Å². The number of carbonyl (C=O) groups is 1. The van der Waals surface area contributed by atoms with E-state index in [9.17, 15) is 4.79 Å². The summed E-state index contributed by atoms with van der Waals surface area (Å²) in [4.78, 5) is 11.9. The molecule has 0 fully saturated rings. The van der Waals surface area contributed by atoms with Gasteiger partial charge in [-0.15, -0.1) is 0 Å². The Labute approximate surface area is 157 Å². The summed E-state index contributed by atoms with van der Waals surface area (Å²) in [5.74, 6) is 0.537. The summed E-state index contributed by atoms with van der Waals surface area (Å²) in [6.07, 6.45) is 11.9. The van der Waals surface area contributed by atoms with Crippen LogP contribution in [0.4, 0.5) is 0 Å². The molecule has 1 aliphatic carbocycles. The summed E-state index contributed by atoms with van der Waals surface area (Å²) in [6.45, 7) is 11.4. The van der Waals surface area contributed by atoms with E-state index in [-0.39, 0.29) is 11.2 Å². The van der Waals surface area contributed by atoms with Crippen molar-refractivity contribution >= 4 is 12.0 Å². The summed E-state index contributed by atoms with van der Waals surface area (Å²) in [7, 11) is 0. The van der Waals surface area contributed by atoms with Crippen molar-refractivity contribution in [2.75, 3.05) is 6.61 Å². The minimum atomic E-state index is -0.393. The van der Waals surface area contributed by atoms with E-state index >= 15 is 0 Å². The Balaban J connectivity index is 2.05. The zero-order chi connectivity index (χ0) is 19.2. The van der Waals surface area contributed by atoms with E-state index in [1.165, 1.54) is 30.4 Å². The molecule has 26 heavy (non-hydrogen) atoms. The predicted octanol–water partition coefficient (Wildman–Crippen LogP) is 6.72. The number of esters is 1. The molecule has 0 N–H and O–H groups in total. The van der Waals surface area contributed by atoms with Gasteiger partial charge in [-0.3, -0.25) is 0 Å². The first kappa shape index (κ1) is 20.3. The van der Waals surface area contributed by atoms with Gasteiger partial charge in [0.15, 0.2) is 0 Å². The number of carbonyl (C=O) groups excluding carboxylic acids is 1. The Morgan fingerprint density at radius 1 is 1.35 bits per heavy atom. The van der Waals surface area contributed by atoms with Gasteiger partial charge in [0.1, 0.15) is 5.76 Å². The van der Waals surface area contributed by atoms with E-state index in [0.29, 0.717) is 12.4 Å². The average molecular weight is 357 g/mol. The van der Waals surface area contributed by atoms with E-state index in [2.05, 4.69) is 39.8 Å². The normalized spacial score (nSPS) is 17.8. The van der Waals surface area contributed by atoms with Crippen LogP contribution < -0.4 is 0 Å². The first-order valence-corrected chi connectivity index (χ1v) is 9.67. The Morgan fingerprint density at radius 3 is 2.81 bits per heavy atom. The summed E-state index contributed by atoms with van der Waals surface area (Å²) in [5.41, 5.74) is 4.25. The van der Waals surface area contributed by atoms with Crippen molar-refractivity contribution in [2.24, 2.45) is 5.41 Å². The number of ether oxygens (including phenoxy) is 1. The number of furan rings is 1. The van der Waals surface area contributed by atoms with E-state index in [4.69, 9.17) is 9.15 Å². The maximum absolute atomic E-state index is 11.9. The molecule has 0 spiro atoms. The molecule has 2 rings (SSSR count). The third-order valence-electron chi connectivity index (χ3n) is 4.98. The molecule has 0 saturated carbocycles. The quantitative estimate of drug-likeness (QED) is 0.309. The van der Waals surface area contributed by atoms with Crippen LogP contribution in [0.15, 0.2) is 45.4 Å². The van der Waals surface area contributed by atoms with E-state index < -0.39 is 5.97 Å². The molecule has 1 aromatic heterocycles. The maximum Gasteiger partial charge on any atom is 0.374 e. The highest BCUT2D eigenvalue weighted by Gasteiger charge is 2.26. The number of hydrogen-bond donors (Lipinski definition) is 0. The Kier molecular flexibility index (Phi) is 7.07. The monoisotopic (exact) mass is 356 g/mol. The summed E-state index contributed by atoms with van der Waals surface area (Å²) in [6, 6.07) is 3.48. The smallest absolute Gasteiger partial charge is 0.374 e. The van der Waals surface area contributed by atoms with Gasteiger partial charge in [-0.1, -0.05) is 44.9 Å². The van der Waals surface area contributed by atoms with Crippen LogP contribution in [-0.2, 0) is 4.74 Å². The standard InChI is InChI=1S/C23H32O3/c1-6-7-15-25-22(24)21-13-11-19(26-21)16-17(2)10-12-20-18(3)9-8-14-23(20,4)5/h10-13,16H,6-9,14-15H2,1-5H3/b12-10?,17-16+. The first-order chi connectivity index (χ1) is 12.3. The highest BCUT2D eigenvalue weighted by atomic mass is 16.5. The lowest BCUT2D eigenvalue weighted by Crippen LogP contribution is -2.19. The average Bonchev–Trinajstić information content (AvgIpc) is 3.02. The molecule has 0 unspecified atom stereocenters. The highest BCUT2D eigenvalue weighted by Crippen LogP contribution is 2.40. The minimum Gasteiger partial charge on any atom is -0.460 e. The van der Waals surface area contributed by atoms with Crippen molar-refractivity contribution in [3.05, 3.63) is 52.5 Å². The Morgan fingerprint density at radius 2 is 2.12 bits per heavy atom. The molecule has 1 aromatic rings. The lowest BCUT2D eigenvalue weighted by Gasteiger charge is -2.32. The summed E-state index contributed by atoms with van der Waals surface area (Å²) < 4.78 is 10.8. The molecule has 0 aromatic carbocycles. The van der Waals surface area contributed by atoms with E-state index in [1.54, 1.807) is 6.07 Å². The van der Waals surface area contributed by atoms with Gasteiger partial charge in [0.05, 0.1) is 6.61 Å². The zero-order valence-corrected chi connectivity index (χ0v) is 16.9. The molecule has 3 heteroatoms. The predicted molar refractivity (Wildman–Crippen MR) is 107 cm³/mol. The van der Waals surface area contributed by atoms with Gasteiger partial charge in [-0.05, 0) is 74.3 Å². The lowest BCUT2D eigenvalue weighted by atomic mass is 9.72. The van der Waals surface area contributed by atoms with Gasteiger partial charge < -0.3 is 9.15 Å². The van der Waals surface area contributed by atoms with Gasteiger partial charge in [-0.25, -0.2) is 4.79 Å². The SMILES string of the molecule is CCCCOC(=O)c1ccc(/C=C(\C)C=CC2=C(C)CCCC2(C)C)o1. The molecule has 142 valence electrons.